The first-order chi connectivity index (χ1) is 9.65. The van der Waals surface area contributed by atoms with E-state index in [1.54, 1.807) is 4.90 Å². The first-order valence-corrected chi connectivity index (χ1v) is 6.75. The van der Waals surface area contributed by atoms with E-state index in [-0.39, 0.29) is 25.0 Å². The topological polar surface area (TPSA) is 58.6 Å². The van der Waals surface area contributed by atoms with Gasteiger partial charge in [-0.15, -0.1) is 0 Å². The van der Waals surface area contributed by atoms with Crippen molar-refractivity contribution in [2.75, 3.05) is 26.7 Å². The van der Waals surface area contributed by atoms with Gasteiger partial charge < -0.3 is 10.1 Å². The van der Waals surface area contributed by atoms with Crippen molar-refractivity contribution in [2.24, 2.45) is 0 Å². The summed E-state index contributed by atoms with van der Waals surface area (Å²) < 4.78 is 4.67. The Kier molecular flexibility index (Phi) is 7.35. The van der Waals surface area contributed by atoms with Gasteiger partial charge in [-0.1, -0.05) is 37.3 Å². The fourth-order valence-corrected chi connectivity index (χ4v) is 1.78. The lowest BCUT2D eigenvalue weighted by molar-refractivity contribution is -0.142. The molecule has 1 rings (SSSR count). The van der Waals surface area contributed by atoms with Gasteiger partial charge in [0.15, 0.2) is 0 Å². The molecule has 0 unspecified atom stereocenters. The number of methoxy groups -OCH3 is 1. The van der Waals surface area contributed by atoms with E-state index >= 15 is 0 Å². The van der Waals surface area contributed by atoms with E-state index in [2.05, 4.69) is 10.1 Å². The molecule has 20 heavy (non-hydrogen) atoms. The van der Waals surface area contributed by atoms with E-state index in [4.69, 9.17) is 0 Å². The summed E-state index contributed by atoms with van der Waals surface area (Å²) in [6.07, 6.45) is 0.890. The summed E-state index contributed by atoms with van der Waals surface area (Å²) in [7, 11) is 1.35. The molecule has 110 valence electrons. The predicted octanol–water partition coefficient (Wildman–Crippen LogP) is 1.19. The molecule has 5 heteroatoms. The Hall–Kier alpha value is -1.88. The van der Waals surface area contributed by atoms with Crippen LogP contribution in [0.4, 0.5) is 0 Å². The van der Waals surface area contributed by atoms with Crippen molar-refractivity contribution in [2.45, 2.75) is 19.9 Å². The Labute approximate surface area is 119 Å². The number of nitrogens with zero attached hydrogens (tertiary/aromatic N) is 1. The van der Waals surface area contributed by atoms with Crippen LogP contribution in [0.3, 0.4) is 0 Å². The standard InChI is InChI=1S/C15H22N2O3/c1-3-9-16-14(18)11-17(12-15(19)20-2)10-13-7-5-4-6-8-13/h4-8H,3,9-12H2,1-2H3,(H,16,18). The van der Waals surface area contributed by atoms with Crippen LogP contribution in [0.25, 0.3) is 0 Å². The third-order valence-corrected chi connectivity index (χ3v) is 2.77. The minimum absolute atomic E-state index is 0.0771. The highest BCUT2D eigenvalue weighted by atomic mass is 16.5. The molecule has 1 aromatic rings. The van der Waals surface area contributed by atoms with E-state index in [9.17, 15) is 9.59 Å². The van der Waals surface area contributed by atoms with Gasteiger partial charge in [0.2, 0.25) is 5.91 Å². The molecule has 5 nitrogen and oxygen atoms in total. The van der Waals surface area contributed by atoms with Crippen molar-refractivity contribution >= 4 is 11.9 Å². The van der Waals surface area contributed by atoms with Crippen LogP contribution < -0.4 is 5.32 Å². The number of nitrogens with one attached hydrogen (secondary N) is 1. The normalized spacial score (nSPS) is 10.3. The first kappa shape index (κ1) is 16.2. The zero-order chi connectivity index (χ0) is 14.8. The Bertz CT molecular complexity index is 420. The van der Waals surface area contributed by atoms with Gasteiger partial charge in [0, 0.05) is 13.1 Å². The van der Waals surface area contributed by atoms with E-state index < -0.39 is 0 Å². The zero-order valence-electron chi connectivity index (χ0n) is 12.1. The van der Waals surface area contributed by atoms with Crippen molar-refractivity contribution in [1.82, 2.24) is 10.2 Å². The van der Waals surface area contributed by atoms with Crippen molar-refractivity contribution in [1.29, 1.82) is 0 Å². The van der Waals surface area contributed by atoms with Gasteiger partial charge in [-0.3, -0.25) is 14.5 Å². The molecule has 1 N–H and O–H groups in total. The Balaban J connectivity index is 2.60. The van der Waals surface area contributed by atoms with Crippen LogP contribution in [-0.4, -0.2) is 43.5 Å². The summed E-state index contributed by atoms with van der Waals surface area (Å²) in [5.41, 5.74) is 1.06. The minimum Gasteiger partial charge on any atom is -0.468 e. The van der Waals surface area contributed by atoms with E-state index in [0.29, 0.717) is 13.1 Å². The van der Waals surface area contributed by atoms with Crippen LogP contribution in [0.5, 0.6) is 0 Å². The average Bonchev–Trinajstić information content (AvgIpc) is 2.46. The molecule has 0 aliphatic heterocycles. The minimum atomic E-state index is -0.343. The second-order valence-corrected chi connectivity index (χ2v) is 4.56. The maximum absolute atomic E-state index is 11.8. The summed E-state index contributed by atoms with van der Waals surface area (Å²) in [6.45, 7) is 3.47. The molecule has 0 aliphatic rings. The zero-order valence-corrected chi connectivity index (χ0v) is 12.1. The first-order valence-electron chi connectivity index (χ1n) is 6.75. The fraction of sp³-hybridized carbons (Fsp3) is 0.467. The summed E-state index contributed by atoms with van der Waals surface area (Å²) in [5, 5.41) is 2.81. The van der Waals surface area contributed by atoms with Gasteiger partial charge >= 0.3 is 5.97 Å². The van der Waals surface area contributed by atoms with Gasteiger partial charge in [0.1, 0.15) is 0 Å². The highest BCUT2D eigenvalue weighted by Gasteiger charge is 2.15. The lowest BCUT2D eigenvalue weighted by atomic mass is 10.2. The molecule has 0 atom stereocenters. The smallest absolute Gasteiger partial charge is 0.319 e. The van der Waals surface area contributed by atoms with Crippen LogP contribution >= 0.6 is 0 Å². The summed E-state index contributed by atoms with van der Waals surface area (Å²) in [6, 6.07) is 9.73. The molecule has 0 radical (unpaired) electrons. The van der Waals surface area contributed by atoms with Crippen molar-refractivity contribution in [3.05, 3.63) is 35.9 Å². The van der Waals surface area contributed by atoms with Gasteiger partial charge in [-0.05, 0) is 12.0 Å². The molecule has 0 saturated carbocycles. The second-order valence-electron chi connectivity index (χ2n) is 4.56. The number of benzene rings is 1. The van der Waals surface area contributed by atoms with Crippen LogP contribution in [0.2, 0.25) is 0 Å². The lowest BCUT2D eigenvalue weighted by Crippen LogP contribution is -2.39. The highest BCUT2D eigenvalue weighted by molar-refractivity contribution is 5.79. The van der Waals surface area contributed by atoms with Gasteiger partial charge in [-0.2, -0.15) is 0 Å². The van der Waals surface area contributed by atoms with Gasteiger partial charge in [0.05, 0.1) is 20.2 Å². The molecule has 0 bridgehead atoms. The quantitative estimate of drug-likeness (QED) is 0.726. The monoisotopic (exact) mass is 278 g/mol. The second kappa shape index (κ2) is 9.09. The van der Waals surface area contributed by atoms with E-state index in [1.807, 2.05) is 37.3 Å². The molecule has 1 aromatic carbocycles. The molecular formula is C15H22N2O3. The van der Waals surface area contributed by atoms with E-state index in [1.165, 1.54) is 7.11 Å². The average molecular weight is 278 g/mol. The fourth-order valence-electron chi connectivity index (χ4n) is 1.78. The van der Waals surface area contributed by atoms with Crippen LogP contribution in [-0.2, 0) is 20.9 Å². The molecule has 0 fully saturated rings. The molecule has 0 aliphatic carbocycles. The summed E-state index contributed by atoms with van der Waals surface area (Å²) in [5.74, 6) is -0.420. The lowest BCUT2D eigenvalue weighted by Gasteiger charge is -2.20. The number of ether oxygens (including phenoxy) is 1. The third kappa shape index (κ3) is 6.33. The predicted molar refractivity (Wildman–Crippen MR) is 77.0 cm³/mol. The Morgan fingerprint density at radius 3 is 2.50 bits per heavy atom. The number of hydrogen-bond donors (Lipinski definition) is 1. The molecular weight excluding hydrogens is 256 g/mol. The SMILES string of the molecule is CCCNC(=O)CN(CC(=O)OC)Cc1ccccc1. The van der Waals surface area contributed by atoms with Gasteiger partial charge in [-0.25, -0.2) is 0 Å². The molecule has 1 amide bonds. The number of hydrogen-bond acceptors (Lipinski definition) is 4. The summed E-state index contributed by atoms with van der Waals surface area (Å²) >= 11 is 0. The number of carbonyl (C=O) groups is 2. The van der Waals surface area contributed by atoms with Crippen LogP contribution in [0, 0.1) is 0 Å². The number of carbonyl (C=O) groups excluding carboxylic acids is 2. The van der Waals surface area contributed by atoms with Gasteiger partial charge in [0.25, 0.3) is 0 Å². The van der Waals surface area contributed by atoms with Crippen LogP contribution in [0.15, 0.2) is 30.3 Å². The van der Waals surface area contributed by atoms with Crippen molar-refractivity contribution in [3.63, 3.8) is 0 Å². The maximum Gasteiger partial charge on any atom is 0.319 e. The summed E-state index contributed by atoms with van der Waals surface area (Å²) in [4.78, 5) is 24.9. The largest absolute Gasteiger partial charge is 0.468 e. The number of rotatable bonds is 8. The number of amides is 1. The van der Waals surface area contributed by atoms with Crippen molar-refractivity contribution < 1.29 is 14.3 Å². The Morgan fingerprint density at radius 1 is 1.20 bits per heavy atom. The maximum atomic E-state index is 11.8. The van der Waals surface area contributed by atoms with Crippen LogP contribution in [0.1, 0.15) is 18.9 Å². The molecule has 0 heterocycles. The van der Waals surface area contributed by atoms with Crippen molar-refractivity contribution in [3.8, 4) is 0 Å². The highest BCUT2D eigenvalue weighted by Crippen LogP contribution is 2.04. The molecule has 0 spiro atoms. The molecule has 0 saturated heterocycles. The molecule has 0 aromatic heterocycles. The third-order valence-electron chi connectivity index (χ3n) is 2.77. The van der Waals surface area contributed by atoms with E-state index in [0.717, 1.165) is 12.0 Å². The Morgan fingerprint density at radius 2 is 1.90 bits per heavy atom. The number of esters is 1.